The van der Waals surface area contributed by atoms with Gasteiger partial charge in [0, 0.05) is 35.3 Å². The Balaban J connectivity index is 1.39. The van der Waals surface area contributed by atoms with Crippen LogP contribution in [0.3, 0.4) is 0 Å². The molecule has 3 heterocycles. The summed E-state index contributed by atoms with van der Waals surface area (Å²) in [5.74, 6) is 0.518. The first-order chi connectivity index (χ1) is 14.5. The molecule has 3 aromatic rings. The van der Waals surface area contributed by atoms with Gasteiger partial charge in [-0.05, 0) is 54.5 Å². The maximum absolute atomic E-state index is 12.1. The van der Waals surface area contributed by atoms with Crippen LogP contribution in [0.1, 0.15) is 27.7 Å². The molecule has 30 heavy (non-hydrogen) atoms. The van der Waals surface area contributed by atoms with Gasteiger partial charge >= 0.3 is 0 Å². The molecule has 152 valence electrons. The third-order valence-electron chi connectivity index (χ3n) is 4.71. The molecule has 0 saturated heterocycles. The van der Waals surface area contributed by atoms with Crippen LogP contribution in [-0.4, -0.2) is 29.3 Å². The lowest BCUT2D eigenvalue weighted by atomic mass is 10.1. The van der Waals surface area contributed by atoms with Crippen LogP contribution < -0.4 is 10.1 Å². The van der Waals surface area contributed by atoms with Crippen molar-refractivity contribution in [2.24, 2.45) is 0 Å². The van der Waals surface area contributed by atoms with Crippen LogP contribution >= 0.6 is 22.9 Å². The number of benzene rings is 1. The van der Waals surface area contributed by atoms with E-state index < -0.39 is 0 Å². The fraction of sp³-hybridized carbons (Fsp3) is 0.174. The van der Waals surface area contributed by atoms with E-state index >= 15 is 0 Å². The van der Waals surface area contributed by atoms with E-state index in [1.54, 1.807) is 25.4 Å². The topological polar surface area (TPSA) is 68.3 Å². The summed E-state index contributed by atoms with van der Waals surface area (Å²) in [7, 11) is 0. The molecule has 1 aliphatic heterocycles. The Hall–Kier alpha value is -2.96. The summed E-state index contributed by atoms with van der Waals surface area (Å²) in [6, 6.07) is 11.4. The van der Waals surface area contributed by atoms with E-state index in [9.17, 15) is 9.59 Å². The molecule has 1 atom stereocenters. The number of pyridine rings is 1. The van der Waals surface area contributed by atoms with Gasteiger partial charge in [-0.1, -0.05) is 17.7 Å². The van der Waals surface area contributed by atoms with Crippen molar-refractivity contribution < 1.29 is 14.3 Å². The molecule has 1 unspecified atom stereocenters. The molecule has 1 N–H and O–H groups in total. The molecule has 0 fully saturated rings. The lowest BCUT2D eigenvalue weighted by molar-refractivity contribution is -0.116. The highest BCUT2D eigenvalue weighted by atomic mass is 35.5. The smallest absolute Gasteiger partial charge is 0.244 e. The molecule has 0 saturated carbocycles. The van der Waals surface area contributed by atoms with Crippen LogP contribution in [0.25, 0.3) is 16.5 Å². The second-order valence-corrected chi connectivity index (χ2v) is 8.47. The number of ether oxygens (including phenoxy) is 1. The van der Waals surface area contributed by atoms with Crippen molar-refractivity contribution >= 4 is 40.7 Å². The monoisotopic (exact) mass is 438 g/mol. The highest BCUT2D eigenvalue weighted by molar-refractivity contribution is 7.17. The number of ketones is 1. The molecule has 1 aliphatic rings. The van der Waals surface area contributed by atoms with Gasteiger partial charge in [0.2, 0.25) is 5.91 Å². The number of carbonyl (C=O) groups excluding carboxylic acids is 2. The molecule has 0 spiro atoms. The number of rotatable bonds is 6. The predicted molar refractivity (Wildman–Crippen MR) is 119 cm³/mol. The zero-order valence-electron chi connectivity index (χ0n) is 16.2. The van der Waals surface area contributed by atoms with Gasteiger partial charge in [-0.2, -0.15) is 0 Å². The normalized spacial score (nSPS) is 15.1. The highest BCUT2D eigenvalue weighted by Crippen LogP contribution is 2.41. The van der Waals surface area contributed by atoms with E-state index in [0.717, 1.165) is 26.4 Å². The summed E-state index contributed by atoms with van der Waals surface area (Å²) in [6.07, 6.45) is 7.04. The summed E-state index contributed by atoms with van der Waals surface area (Å²) in [6.45, 7) is 1.94. The number of hydrogen-bond donors (Lipinski definition) is 1. The van der Waals surface area contributed by atoms with Gasteiger partial charge in [0.1, 0.15) is 11.9 Å². The molecular formula is C23H19ClN2O3S. The van der Waals surface area contributed by atoms with Crippen molar-refractivity contribution in [1.29, 1.82) is 0 Å². The standard InChI is InChI=1S/C23H19ClN2O3S/c1-14(27)20-5-6-21(30-20)16-9-17-10-18(29-23(17)19(24)11-16)13-26-22(28)7-4-15-3-2-8-25-12-15/h2-9,11-12,18H,10,13H2,1H3,(H,26,28). The van der Waals surface area contributed by atoms with Crippen molar-refractivity contribution in [2.45, 2.75) is 19.4 Å². The maximum atomic E-state index is 12.1. The van der Waals surface area contributed by atoms with Gasteiger partial charge in [0.25, 0.3) is 0 Å². The number of nitrogens with zero attached hydrogens (tertiary/aromatic N) is 1. The SMILES string of the molecule is CC(=O)c1ccc(-c2cc(Cl)c3c(c2)CC(CNC(=O)C=Cc2cccnc2)O3)s1. The van der Waals surface area contributed by atoms with Gasteiger partial charge in [0.05, 0.1) is 16.4 Å². The zero-order valence-corrected chi connectivity index (χ0v) is 17.8. The Labute approximate surface area is 183 Å². The first-order valence-corrected chi connectivity index (χ1v) is 10.6. The van der Waals surface area contributed by atoms with E-state index in [0.29, 0.717) is 23.7 Å². The van der Waals surface area contributed by atoms with E-state index in [2.05, 4.69) is 10.3 Å². The van der Waals surface area contributed by atoms with E-state index in [1.807, 2.05) is 36.4 Å². The van der Waals surface area contributed by atoms with Gasteiger partial charge in [0.15, 0.2) is 5.78 Å². The zero-order chi connectivity index (χ0) is 21.1. The third-order valence-corrected chi connectivity index (χ3v) is 6.22. The van der Waals surface area contributed by atoms with Crippen LogP contribution in [0.4, 0.5) is 0 Å². The van der Waals surface area contributed by atoms with Gasteiger partial charge in [-0.25, -0.2) is 0 Å². The summed E-state index contributed by atoms with van der Waals surface area (Å²) >= 11 is 7.90. The number of nitrogens with one attached hydrogen (secondary N) is 1. The number of fused-ring (bicyclic) bond motifs is 1. The second kappa shape index (κ2) is 8.81. The van der Waals surface area contributed by atoms with Gasteiger partial charge < -0.3 is 10.1 Å². The summed E-state index contributed by atoms with van der Waals surface area (Å²) in [5.41, 5.74) is 2.82. The molecule has 0 radical (unpaired) electrons. The van der Waals surface area contributed by atoms with Gasteiger partial charge in [-0.3, -0.25) is 14.6 Å². The Morgan fingerprint density at radius 2 is 2.20 bits per heavy atom. The first kappa shape index (κ1) is 20.3. The lowest BCUT2D eigenvalue weighted by Gasteiger charge is -2.11. The van der Waals surface area contributed by atoms with Crippen LogP contribution in [0.5, 0.6) is 5.75 Å². The minimum atomic E-state index is -0.194. The number of thiophene rings is 1. The van der Waals surface area contributed by atoms with Crippen molar-refractivity contribution in [3.63, 3.8) is 0 Å². The van der Waals surface area contributed by atoms with Crippen molar-refractivity contribution in [2.75, 3.05) is 6.54 Å². The summed E-state index contributed by atoms with van der Waals surface area (Å²) in [5, 5.41) is 3.39. The third kappa shape index (κ3) is 4.61. The minimum absolute atomic E-state index is 0.0511. The minimum Gasteiger partial charge on any atom is -0.486 e. The number of carbonyl (C=O) groups is 2. The number of Topliss-reactive ketones (excluding diaryl/α,β-unsaturated/α-hetero) is 1. The van der Waals surface area contributed by atoms with Gasteiger partial charge in [-0.15, -0.1) is 11.3 Å². The van der Waals surface area contributed by atoms with Crippen LogP contribution in [0.2, 0.25) is 5.02 Å². The van der Waals surface area contributed by atoms with Crippen molar-refractivity contribution in [3.05, 3.63) is 75.9 Å². The molecule has 2 aromatic heterocycles. The van der Waals surface area contributed by atoms with E-state index in [4.69, 9.17) is 16.3 Å². The fourth-order valence-electron chi connectivity index (χ4n) is 3.25. The largest absolute Gasteiger partial charge is 0.486 e. The average Bonchev–Trinajstić information content (AvgIpc) is 3.39. The average molecular weight is 439 g/mol. The molecule has 1 amide bonds. The molecular weight excluding hydrogens is 420 g/mol. The Morgan fingerprint density at radius 3 is 2.93 bits per heavy atom. The highest BCUT2D eigenvalue weighted by Gasteiger charge is 2.26. The van der Waals surface area contributed by atoms with Crippen LogP contribution in [0.15, 0.2) is 54.9 Å². The van der Waals surface area contributed by atoms with E-state index in [-0.39, 0.29) is 17.8 Å². The number of halogens is 1. The van der Waals surface area contributed by atoms with E-state index in [1.165, 1.54) is 17.4 Å². The molecule has 7 heteroatoms. The molecule has 1 aromatic carbocycles. The van der Waals surface area contributed by atoms with Crippen LogP contribution in [-0.2, 0) is 11.2 Å². The Kier molecular flexibility index (Phi) is 5.97. The predicted octanol–water partition coefficient (Wildman–Crippen LogP) is 4.80. The number of aromatic nitrogens is 1. The molecule has 0 aliphatic carbocycles. The van der Waals surface area contributed by atoms with Crippen LogP contribution in [0, 0.1) is 0 Å². The first-order valence-electron chi connectivity index (χ1n) is 9.46. The Bertz CT molecular complexity index is 1120. The molecule has 5 nitrogen and oxygen atoms in total. The molecule has 0 bridgehead atoms. The fourth-order valence-corrected chi connectivity index (χ4v) is 4.42. The lowest BCUT2D eigenvalue weighted by Crippen LogP contribution is -2.33. The van der Waals surface area contributed by atoms with Crippen molar-refractivity contribution in [1.82, 2.24) is 10.3 Å². The summed E-state index contributed by atoms with van der Waals surface area (Å²) < 4.78 is 5.95. The Morgan fingerprint density at radius 1 is 1.33 bits per heavy atom. The number of amides is 1. The maximum Gasteiger partial charge on any atom is 0.244 e. The quantitative estimate of drug-likeness (QED) is 0.443. The number of hydrogen-bond acceptors (Lipinski definition) is 5. The van der Waals surface area contributed by atoms with Crippen molar-refractivity contribution in [3.8, 4) is 16.2 Å². The molecule has 4 rings (SSSR count). The second-order valence-electron chi connectivity index (χ2n) is 6.98. The summed E-state index contributed by atoms with van der Waals surface area (Å²) in [4.78, 5) is 29.4.